The molecule has 2 aromatic carbocycles. The van der Waals surface area contributed by atoms with Gasteiger partial charge in [0.05, 0.1) is 5.75 Å². The third-order valence-electron chi connectivity index (χ3n) is 4.24. The molecule has 0 atom stereocenters. The van der Waals surface area contributed by atoms with Gasteiger partial charge in [0.1, 0.15) is 4.21 Å². The summed E-state index contributed by atoms with van der Waals surface area (Å²) < 4.78 is 27.3. The first kappa shape index (κ1) is 21.4. The van der Waals surface area contributed by atoms with E-state index in [0.29, 0.717) is 5.69 Å². The molecule has 3 rings (SSSR count). The van der Waals surface area contributed by atoms with Gasteiger partial charge in [0, 0.05) is 16.3 Å². The van der Waals surface area contributed by atoms with Crippen LogP contribution in [0.2, 0.25) is 0 Å². The molecule has 2 N–H and O–H groups in total. The predicted molar refractivity (Wildman–Crippen MR) is 121 cm³/mol. The number of thioether (sulfide) groups is 1. The second-order valence-electron chi connectivity index (χ2n) is 6.36. The number of thiophene rings is 1. The maximum Gasteiger partial charge on any atom is 0.271 e. The summed E-state index contributed by atoms with van der Waals surface area (Å²) in [5.74, 6) is 0.207. The van der Waals surface area contributed by atoms with Gasteiger partial charge in [-0.05, 0) is 60.2 Å². The second-order valence-corrected chi connectivity index (χ2v) is 10.3. The molecule has 0 saturated heterocycles. The molecule has 152 valence electrons. The smallest absolute Gasteiger partial charge is 0.271 e. The Morgan fingerprint density at radius 1 is 1.07 bits per heavy atom. The minimum absolute atomic E-state index is 0.0681. The molecule has 0 aliphatic rings. The molecule has 8 heteroatoms. The van der Waals surface area contributed by atoms with E-state index in [1.165, 1.54) is 23.1 Å². The molecule has 29 heavy (non-hydrogen) atoms. The number of anilines is 2. The number of benzene rings is 2. The number of carbonyl (C=O) groups excluding carboxylic acids is 1. The van der Waals surface area contributed by atoms with E-state index in [4.69, 9.17) is 0 Å². The summed E-state index contributed by atoms with van der Waals surface area (Å²) in [5, 5.41) is 4.73. The number of rotatable bonds is 8. The maximum atomic E-state index is 12.4. The van der Waals surface area contributed by atoms with Crippen LogP contribution in [0.5, 0.6) is 0 Å². The van der Waals surface area contributed by atoms with Crippen molar-refractivity contribution in [3.63, 3.8) is 0 Å². The van der Waals surface area contributed by atoms with Crippen molar-refractivity contribution in [2.45, 2.75) is 29.4 Å². The standard InChI is InChI=1S/C21H22N2O3S3/c1-3-16-7-4-6-15(2)21(16)22-19(24)14-28-18-11-9-17(10-12-18)23-29(25,26)20-8-5-13-27-20/h4-13,23H,3,14H2,1-2H3,(H,22,24). The van der Waals surface area contributed by atoms with E-state index >= 15 is 0 Å². The fourth-order valence-corrected chi connectivity index (χ4v) is 5.52. The first-order valence-electron chi connectivity index (χ1n) is 9.06. The fourth-order valence-electron chi connectivity index (χ4n) is 2.77. The fraction of sp³-hybridized carbons (Fsp3) is 0.190. The van der Waals surface area contributed by atoms with E-state index in [-0.39, 0.29) is 15.9 Å². The highest BCUT2D eigenvalue weighted by atomic mass is 32.2. The summed E-state index contributed by atoms with van der Waals surface area (Å²) in [5.41, 5.74) is 3.54. The molecule has 1 amide bonds. The molecule has 0 fully saturated rings. The van der Waals surface area contributed by atoms with Crippen molar-refractivity contribution in [1.82, 2.24) is 0 Å². The van der Waals surface area contributed by atoms with Gasteiger partial charge in [-0.15, -0.1) is 23.1 Å². The van der Waals surface area contributed by atoms with E-state index in [1.807, 2.05) is 25.1 Å². The highest BCUT2D eigenvalue weighted by Gasteiger charge is 2.15. The molecular formula is C21H22N2O3S3. The molecule has 0 spiro atoms. The summed E-state index contributed by atoms with van der Waals surface area (Å²) >= 11 is 2.57. The third kappa shape index (κ3) is 5.62. The monoisotopic (exact) mass is 446 g/mol. The van der Waals surface area contributed by atoms with Crippen LogP contribution in [-0.4, -0.2) is 20.1 Å². The lowest BCUT2D eigenvalue weighted by molar-refractivity contribution is -0.113. The number of hydrogen-bond acceptors (Lipinski definition) is 5. The van der Waals surface area contributed by atoms with Crippen molar-refractivity contribution in [3.05, 3.63) is 71.1 Å². The van der Waals surface area contributed by atoms with Gasteiger partial charge < -0.3 is 5.32 Å². The molecule has 0 aliphatic heterocycles. The first-order valence-corrected chi connectivity index (χ1v) is 12.4. The summed E-state index contributed by atoms with van der Waals surface area (Å²) in [6.45, 7) is 4.05. The Labute approximate surface area is 179 Å². The number of sulfonamides is 1. The van der Waals surface area contributed by atoms with Crippen LogP contribution in [0, 0.1) is 6.92 Å². The van der Waals surface area contributed by atoms with E-state index in [0.717, 1.165) is 28.1 Å². The molecule has 0 radical (unpaired) electrons. The number of aryl methyl sites for hydroxylation is 2. The van der Waals surface area contributed by atoms with Crippen LogP contribution in [0.25, 0.3) is 0 Å². The quantitative estimate of drug-likeness (QED) is 0.469. The molecule has 3 aromatic rings. The molecular weight excluding hydrogens is 424 g/mol. The van der Waals surface area contributed by atoms with Crippen molar-refractivity contribution < 1.29 is 13.2 Å². The lowest BCUT2D eigenvalue weighted by atomic mass is 10.1. The van der Waals surface area contributed by atoms with Crippen LogP contribution in [0.15, 0.2) is 69.1 Å². The first-order chi connectivity index (χ1) is 13.9. The van der Waals surface area contributed by atoms with E-state index in [1.54, 1.807) is 41.8 Å². The van der Waals surface area contributed by atoms with Crippen LogP contribution in [-0.2, 0) is 21.2 Å². The van der Waals surface area contributed by atoms with Gasteiger partial charge in [0.2, 0.25) is 5.91 Å². The normalized spacial score (nSPS) is 11.2. The lowest BCUT2D eigenvalue weighted by Gasteiger charge is -2.13. The van der Waals surface area contributed by atoms with Crippen LogP contribution in [0.3, 0.4) is 0 Å². The van der Waals surface area contributed by atoms with E-state index < -0.39 is 10.0 Å². The van der Waals surface area contributed by atoms with Crippen molar-refractivity contribution in [2.24, 2.45) is 0 Å². The second kappa shape index (κ2) is 9.47. The third-order valence-corrected chi connectivity index (χ3v) is 8.03. The van der Waals surface area contributed by atoms with Crippen LogP contribution < -0.4 is 10.0 Å². The number of hydrogen-bond donors (Lipinski definition) is 2. The van der Waals surface area contributed by atoms with Crippen LogP contribution in [0.1, 0.15) is 18.1 Å². The van der Waals surface area contributed by atoms with Crippen molar-refractivity contribution >= 4 is 50.4 Å². The Kier molecular flexibility index (Phi) is 7.00. The molecule has 0 unspecified atom stereocenters. The highest BCUT2D eigenvalue weighted by Crippen LogP contribution is 2.25. The number of nitrogens with one attached hydrogen (secondary N) is 2. The van der Waals surface area contributed by atoms with Gasteiger partial charge in [0.25, 0.3) is 10.0 Å². The zero-order chi connectivity index (χ0) is 20.9. The number of amides is 1. The number of carbonyl (C=O) groups is 1. The average Bonchev–Trinajstić information content (AvgIpc) is 3.25. The van der Waals surface area contributed by atoms with Gasteiger partial charge in [0.15, 0.2) is 0 Å². The molecule has 0 bridgehead atoms. The lowest BCUT2D eigenvalue weighted by Crippen LogP contribution is -2.16. The summed E-state index contributed by atoms with van der Waals surface area (Å²) in [6.07, 6.45) is 0.854. The van der Waals surface area contributed by atoms with Crippen LogP contribution >= 0.6 is 23.1 Å². The summed E-state index contributed by atoms with van der Waals surface area (Å²) in [7, 11) is -3.56. The van der Waals surface area contributed by atoms with E-state index in [2.05, 4.69) is 17.0 Å². The van der Waals surface area contributed by atoms with Gasteiger partial charge in [-0.1, -0.05) is 31.2 Å². The summed E-state index contributed by atoms with van der Waals surface area (Å²) in [6, 6.07) is 16.3. The van der Waals surface area contributed by atoms with Gasteiger partial charge in [-0.25, -0.2) is 8.42 Å². The maximum absolute atomic E-state index is 12.4. The highest BCUT2D eigenvalue weighted by molar-refractivity contribution is 8.00. The molecule has 5 nitrogen and oxygen atoms in total. The Bertz CT molecular complexity index is 1080. The molecule has 0 aliphatic carbocycles. The topological polar surface area (TPSA) is 75.3 Å². The summed E-state index contributed by atoms with van der Waals surface area (Å²) in [4.78, 5) is 13.3. The molecule has 1 heterocycles. The zero-order valence-electron chi connectivity index (χ0n) is 16.1. The van der Waals surface area contributed by atoms with Gasteiger partial charge >= 0.3 is 0 Å². The van der Waals surface area contributed by atoms with Crippen molar-refractivity contribution in [1.29, 1.82) is 0 Å². The Balaban J connectivity index is 1.57. The van der Waals surface area contributed by atoms with E-state index in [9.17, 15) is 13.2 Å². The van der Waals surface area contributed by atoms with Crippen LogP contribution in [0.4, 0.5) is 11.4 Å². The average molecular weight is 447 g/mol. The van der Waals surface area contributed by atoms with Crippen molar-refractivity contribution in [3.8, 4) is 0 Å². The largest absolute Gasteiger partial charge is 0.325 e. The predicted octanol–water partition coefficient (Wildman–Crippen LogP) is 5.15. The van der Waals surface area contributed by atoms with Crippen molar-refractivity contribution in [2.75, 3.05) is 15.8 Å². The molecule has 0 saturated carbocycles. The van der Waals surface area contributed by atoms with Gasteiger partial charge in [-0.2, -0.15) is 0 Å². The molecule has 1 aromatic heterocycles. The Hall–Kier alpha value is -2.29. The minimum atomic E-state index is -3.56. The SMILES string of the molecule is CCc1cccc(C)c1NC(=O)CSc1ccc(NS(=O)(=O)c2cccs2)cc1. The van der Waals surface area contributed by atoms with Gasteiger partial charge in [-0.3, -0.25) is 9.52 Å². The zero-order valence-corrected chi connectivity index (χ0v) is 18.6. The minimum Gasteiger partial charge on any atom is -0.325 e. The Morgan fingerprint density at radius 2 is 1.83 bits per heavy atom. The Morgan fingerprint density at radius 3 is 2.48 bits per heavy atom. The number of para-hydroxylation sites is 1.